The van der Waals surface area contributed by atoms with Gasteiger partial charge in [0.1, 0.15) is 0 Å². The van der Waals surface area contributed by atoms with Gasteiger partial charge in [-0.05, 0) is 24.1 Å². The summed E-state index contributed by atoms with van der Waals surface area (Å²) in [6.07, 6.45) is 0. The molecular weight excluding hydrogens is 307 g/mol. The standard InChI is InChI=1S/C12H14Cl2N2O2S/c1-6(2)10(11(17)16-12(15)18)19-9-5-7(13)3-4-8(9)14/h3-6,10H,1-2H3,(H3,15,16,17,18)/t10-/m1/s1. The maximum Gasteiger partial charge on any atom is 0.318 e. The van der Waals surface area contributed by atoms with Gasteiger partial charge in [-0.15, -0.1) is 11.8 Å². The zero-order chi connectivity index (χ0) is 14.6. The van der Waals surface area contributed by atoms with E-state index in [1.165, 1.54) is 11.8 Å². The van der Waals surface area contributed by atoms with E-state index in [-0.39, 0.29) is 5.92 Å². The third-order valence-electron chi connectivity index (χ3n) is 2.26. The molecule has 0 fully saturated rings. The lowest BCUT2D eigenvalue weighted by atomic mass is 10.1. The molecule has 7 heteroatoms. The largest absolute Gasteiger partial charge is 0.351 e. The minimum absolute atomic E-state index is 0.000557. The van der Waals surface area contributed by atoms with Crippen LogP contribution in [0.4, 0.5) is 4.79 Å². The monoisotopic (exact) mass is 320 g/mol. The molecule has 104 valence electrons. The zero-order valence-electron chi connectivity index (χ0n) is 10.4. The second-order valence-electron chi connectivity index (χ2n) is 4.21. The van der Waals surface area contributed by atoms with E-state index >= 15 is 0 Å². The van der Waals surface area contributed by atoms with Crippen molar-refractivity contribution in [3.8, 4) is 0 Å². The van der Waals surface area contributed by atoms with Crippen molar-refractivity contribution in [1.29, 1.82) is 0 Å². The molecule has 0 unspecified atom stereocenters. The fourth-order valence-electron chi connectivity index (χ4n) is 1.39. The van der Waals surface area contributed by atoms with E-state index in [4.69, 9.17) is 28.9 Å². The number of primary amides is 1. The third-order valence-corrected chi connectivity index (χ3v) is 4.54. The van der Waals surface area contributed by atoms with Crippen LogP contribution in [-0.2, 0) is 4.79 Å². The molecule has 3 amide bonds. The minimum Gasteiger partial charge on any atom is -0.351 e. The molecule has 0 bridgehead atoms. The van der Waals surface area contributed by atoms with E-state index in [0.29, 0.717) is 14.9 Å². The smallest absolute Gasteiger partial charge is 0.318 e. The number of nitrogens with two attached hydrogens (primary N) is 1. The first-order valence-electron chi connectivity index (χ1n) is 5.53. The van der Waals surface area contributed by atoms with Crippen LogP contribution in [0, 0.1) is 5.92 Å². The Bertz CT molecular complexity index is 495. The molecule has 0 heterocycles. The molecule has 4 nitrogen and oxygen atoms in total. The second-order valence-corrected chi connectivity index (χ2v) is 6.24. The Morgan fingerprint density at radius 1 is 1.32 bits per heavy atom. The number of urea groups is 1. The van der Waals surface area contributed by atoms with Gasteiger partial charge in [0.2, 0.25) is 5.91 Å². The van der Waals surface area contributed by atoms with Gasteiger partial charge in [0, 0.05) is 9.92 Å². The van der Waals surface area contributed by atoms with Gasteiger partial charge in [0.25, 0.3) is 0 Å². The number of nitrogens with one attached hydrogen (secondary N) is 1. The molecule has 0 radical (unpaired) electrons. The molecule has 0 aliphatic rings. The maximum absolute atomic E-state index is 11.9. The van der Waals surface area contributed by atoms with Gasteiger partial charge >= 0.3 is 6.03 Å². The number of thioether (sulfide) groups is 1. The molecular formula is C12H14Cl2N2O2S. The average Bonchev–Trinajstić information content (AvgIpc) is 2.28. The molecule has 0 aromatic heterocycles. The van der Waals surface area contributed by atoms with Crippen LogP contribution in [0.2, 0.25) is 10.0 Å². The van der Waals surface area contributed by atoms with E-state index in [1.807, 2.05) is 13.8 Å². The number of imide groups is 1. The van der Waals surface area contributed by atoms with E-state index in [9.17, 15) is 9.59 Å². The zero-order valence-corrected chi connectivity index (χ0v) is 12.8. The van der Waals surface area contributed by atoms with E-state index in [2.05, 4.69) is 5.32 Å². The number of amides is 3. The Morgan fingerprint density at radius 2 is 1.95 bits per heavy atom. The highest BCUT2D eigenvalue weighted by molar-refractivity contribution is 8.00. The first kappa shape index (κ1) is 16.1. The summed E-state index contributed by atoms with van der Waals surface area (Å²) < 4.78 is 0. The van der Waals surface area contributed by atoms with Gasteiger partial charge in [-0.1, -0.05) is 37.0 Å². The number of benzene rings is 1. The lowest BCUT2D eigenvalue weighted by molar-refractivity contribution is -0.120. The number of hydrogen-bond donors (Lipinski definition) is 2. The highest BCUT2D eigenvalue weighted by Gasteiger charge is 2.25. The second kappa shape index (κ2) is 7.03. The Hall–Kier alpha value is -0.910. The lowest BCUT2D eigenvalue weighted by Crippen LogP contribution is -2.42. The summed E-state index contributed by atoms with van der Waals surface area (Å²) in [6, 6.07) is 4.15. The summed E-state index contributed by atoms with van der Waals surface area (Å²) in [6.45, 7) is 3.74. The molecule has 0 spiro atoms. The fraction of sp³-hybridized carbons (Fsp3) is 0.333. The predicted molar refractivity (Wildman–Crippen MR) is 78.7 cm³/mol. The van der Waals surface area contributed by atoms with Crippen LogP contribution in [0.1, 0.15) is 13.8 Å². The van der Waals surface area contributed by atoms with Crippen LogP contribution in [0.25, 0.3) is 0 Å². The molecule has 1 atom stereocenters. The number of rotatable bonds is 4. The molecule has 0 aliphatic heterocycles. The van der Waals surface area contributed by atoms with Crippen molar-refractivity contribution < 1.29 is 9.59 Å². The van der Waals surface area contributed by atoms with Gasteiger partial charge < -0.3 is 5.73 Å². The Balaban J connectivity index is 2.92. The van der Waals surface area contributed by atoms with Crippen LogP contribution in [0.15, 0.2) is 23.1 Å². The molecule has 1 aromatic rings. The van der Waals surface area contributed by atoms with E-state index < -0.39 is 17.2 Å². The molecule has 19 heavy (non-hydrogen) atoms. The number of carbonyl (C=O) groups is 2. The van der Waals surface area contributed by atoms with E-state index in [0.717, 1.165) is 0 Å². The minimum atomic E-state index is -0.867. The SMILES string of the molecule is CC(C)[C@@H](Sc1cc(Cl)ccc1Cl)C(=O)NC(N)=O. The highest BCUT2D eigenvalue weighted by atomic mass is 35.5. The highest BCUT2D eigenvalue weighted by Crippen LogP contribution is 2.35. The summed E-state index contributed by atoms with van der Waals surface area (Å²) >= 11 is 13.2. The van der Waals surface area contributed by atoms with Crippen LogP contribution >= 0.6 is 35.0 Å². The van der Waals surface area contributed by atoms with Crippen molar-refractivity contribution in [3.63, 3.8) is 0 Å². The van der Waals surface area contributed by atoms with Crippen LogP contribution in [-0.4, -0.2) is 17.2 Å². The summed E-state index contributed by atoms with van der Waals surface area (Å²) in [5.41, 5.74) is 4.95. The average molecular weight is 321 g/mol. The number of halogens is 2. The van der Waals surface area contributed by atoms with Crippen molar-refractivity contribution in [1.82, 2.24) is 5.32 Å². The van der Waals surface area contributed by atoms with Crippen LogP contribution < -0.4 is 11.1 Å². The van der Waals surface area contributed by atoms with Crippen molar-refractivity contribution in [3.05, 3.63) is 28.2 Å². The summed E-state index contributed by atoms with van der Waals surface area (Å²) in [4.78, 5) is 23.3. The van der Waals surface area contributed by atoms with Crippen LogP contribution in [0.3, 0.4) is 0 Å². The number of carbonyl (C=O) groups excluding carboxylic acids is 2. The molecule has 3 N–H and O–H groups in total. The Morgan fingerprint density at radius 3 is 2.47 bits per heavy atom. The Kier molecular flexibility index (Phi) is 5.97. The predicted octanol–water partition coefficient (Wildman–Crippen LogP) is 3.31. The number of hydrogen-bond acceptors (Lipinski definition) is 3. The first-order chi connectivity index (χ1) is 8.81. The van der Waals surface area contributed by atoms with Gasteiger partial charge in [0.05, 0.1) is 10.3 Å². The van der Waals surface area contributed by atoms with Crippen molar-refractivity contribution in [2.24, 2.45) is 11.7 Å². The van der Waals surface area contributed by atoms with Gasteiger partial charge in [-0.2, -0.15) is 0 Å². The summed E-state index contributed by atoms with van der Waals surface area (Å²) in [5, 5.41) is 2.64. The van der Waals surface area contributed by atoms with Gasteiger partial charge in [-0.25, -0.2) is 4.79 Å². The van der Waals surface area contributed by atoms with Crippen molar-refractivity contribution in [2.45, 2.75) is 24.0 Å². The fourth-order valence-corrected chi connectivity index (χ4v) is 2.96. The third kappa shape index (κ3) is 4.93. The van der Waals surface area contributed by atoms with Crippen LogP contribution in [0.5, 0.6) is 0 Å². The molecule has 0 saturated carbocycles. The Labute approximate surface area is 126 Å². The van der Waals surface area contributed by atoms with Gasteiger partial charge in [-0.3, -0.25) is 10.1 Å². The van der Waals surface area contributed by atoms with Gasteiger partial charge in [0.15, 0.2) is 0 Å². The lowest BCUT2D eigenvalue weighted by Gasteiger charge is -2.19. The topological polar surface area (TPSA) is 72.2 Å². The molecule has 1 rings (SSSR count). The normalized spacial score (nSPS) is 12.3. The van der Waals surface area contributed by atoms with E-state index in [1.54, 1.807) is 18.2 Å². The molecule has 0 aliphatic carbocycles. The summed E-state index contributed by atoms with van der Waals surface area (Å²) in [5.74, 6) is -0.442. The maximum atomic E-state index is 11.9. The first-order valence-corrected chi connectivity index (χ1v) is 7.17. The summed E-state index contributed by atoms with van der Waals surface area (Å²) in [7, 11) is 0. The molecule has 0 saturated heterocycles. The van der Waals surface area contributed by atoms with Crippen molar-refractivity contribution in [2.75, 3.05) is 0 Å². The quantitative estimate of drug-likeness (QED) is 0.836. The van der Waals surface area contributed by atoms with Crippen molar-refractivity contribution >= 4 is 46.9 Å². The molecule has 1 aromatic carbocycles.